The topological polar surface area (TPSA) is 86.0 Å². The summed E-state index contributed by atoms with van der Waals surface area (Å²) in [6.45, 7) is 0. The van der Waals surface area contributed by atoms with Crippen LogP contribution in [0.2, 0.25) is 0 Å². The minimum Gasteiger partial charge on any atom is -0.495 e. The third-order valence-electron chi connectivity index (χ3n) is 2.71. The first kappa shape index (κ1) is 12.9. The third-order valence-corrected chi connectivity index (χ3v) is 2.71. The summed E-state index contributed by atoms with van der Waals surface area (Å²) in [4.78, 5) is 8.68. The van der Waals surface area contributed by atoms with Gasteiger partial charge < -0.3 is 16.2 Å². The molecule has 4 N–H and O–H groups in total. The van der Waals surface area contributed by atoms with Crippen molar-refractivity contribution in [2.75, 3.05) is 19.9 Å². The van der Waals surface area contributed by atoms with E-state index in [2.05, 4.69) is 9.98 Å². The van der Waals surface area contributed by atoms with E-state index in [4.69, 9.17) is 16.2 Å². The number of benzene rings is 1. The minimum absolute atomic E-state index is 0.541. The molecule has 5 heteroatoms. The van der Waals surface area contributed by atoms with Gasteiger partial charge in [-0.05, 0) is 30.3 Å². The van der Waals surface area contributed by atoms with E-state index >= 15 is 0 Å². The monoisotopic (exact) mass is 256 g/mol. The molecule has 0 aromatic heterocycles. The van der Waals surface area contributed by atoms with Crippen LogP contribution < -0.4 is 11.5 Å². The second-order valence-electron chi connectivity index (χ2n) is 4.01. The van der Waals surface area contributed by atoms with Gasteiger partial charge in [-0.3, -0.25) is 4.99 Å². The molecule has 0 bridgehead atoms. The molecule has 0 atom stereocenters. The number of nitrogens with two attached hydrogens (primary N) is 2. The number of nitrogen functional groups attached to an aromatic ring is 1. The fraction of sp³-hybridized carbons (Fsp3) is 0.143. The van der Waals surface area contributed by atoms with Gasteiger partial charge in [0.2, 0.25) is 0 Å². The Morgan fingerprint density at radius 3 is 2.26 bits per heavy atom. The average molecular weight is 256 g/mol. The summed E-state index contributed by atoms with van der Waals surface area (Å²) < 4.78 is 5.20. The average Bonchev–Trinajstić information content (AvgIpc) is 2.42. The molecule has 0 fully saturated rings. The first-order valence-electron chi connectivity index (χ1n) is 5.78. The van der Waals surface area contributed by atoms with Crippen LogP contribution in [0.4, 0.5) is 11.4 Å². The lowest BCUT2D eigenvalue weighted by Crippen LogP contribution is -2.19. The van der Waals surface area contributed by atoms with Gasteiger partial charge in [0, 0.05) is 18.8 Å². The van der Waals surface area contributed by atoms with Crippen molar-refractivity contribution in [3.8, 4) is 0 Å². The number of nitrogens with zero attached hydrogens (tertiary/aromatic N) is 2. The van der Waals surface area contributed by atoms with Crippen molar-refractivity contribution in [2.24, 2.45) is 15.7 Å². The maximum absolute atomic E-state index is 5.85. The maximum atomic E-state index is 5.85. The highest BCUT2D eigenvalue weighted by atomic mass is 16.5. The zero-order chi connectivity index (χ0) is 13.8. The second-order valence-corrected chi connectivity index (χ2v) is 4.01. The lowest BCUT2D eigenvalue weighted by Gasteiger charge is -2.14. The van der Waals surface area contributed by atoms with Gasteiger partial charge in [0.25, 0.3) is 0 Å². The lowest BCUT2D eigenvalue weighted by molar-refractivity contribution is 0.300. The summed E-state index contributed by atoms with van der Waals surface area (Å²) in [7, 11) is 3.27. The lowest BCUT2D eigenvalue weighted by atomic mass is 10.1. The van der Waals surface area contributed by atoms with Crippen molar-refractivity contribution in [3.63, 3.8) is 0 Å². The van der Waals surface area contributed by atoms with Crippen LogP contribution in [0.25, 0.3) is 0 Å². The molecule has 0 unspecified atom stereocenters. The van der Waals surface area contributed by atoms with Crippen LogP contribution in [0.15, 0.2) is 57.9 Å². The fourth-order valence-electron chi connectivity index (χ4n) is 1.71. The van der Waals surface area contributed by atoms with Gasteiger partial charge in [0.1, 0.15) is 5.76 Å². The van der Waals surface area contributed by atoms with Gasteiger partial charge in [-0.2, -0.15) is 0 Å². The second kappa shape index (κ2) is 5.39. The number of aliphatic imine (C=N–C) groups is 2. The van der Waals surface area contributed by atoms with Crippen LogP contribution in [0.5, 0.6) is 0 Å². The summed E-state index contributed by atoms with van der Waals surface area (Å²) in [6.07, 6.45) is 3.52. The van der Waals surface area contributed by atoms with Gasteiger partial charge in [-0.25, -0.2) is 4.99 Å². The fourth-order valence-corrected chi connectivity index (χ4v) is 1.71. The van der Waals surface area contributed by atoms with Crippen molar-refractivity contribution < 1.29 is 4.74 Å². The van der Waals surface area contributed by atoms with E-state index < -0.39 is 0 Å². The van der Waals surface area contributed by atoms with Crippen LogP contribution in [0, 0.1) is 0 Å². The summed E-state index contributed by atoms with van der Waals surface area (Å²) >= 11 is 0. The predicted octanol–water partition coefficient (Wildman–Crippen LogP) is 1.80. The molecular weight excluding hydrogens is 240 g/mol. The number of methoxy groups -OCH3 is 1. The highest BCUT2D eigenvalue weighted by Gasteiger charge is 2.15. The molecule has 0 aliphatic heterocycles. The van der Waals surface area contributed by atoms with Crippen LogP contribution in [-0.2, 0) is 4.74 Å². The van der Waals surface area contributed by atoms with Crippen LogP contribution >= 0.6 is 0 Å². The largest absolute Gasteiger partial charge is 0.495 e. The molecule has 0 heterocycles. The maximum Gasteiger partial charge on any atom is 0.144 e. The zero-order valence-corrected chi connectivity index (χ0v) is 10.9. The molecule has 19 heavy (non-hydrogen) atoms. The van der Waals surface area contributed by atoms with Crippen molar-refractivity contribution in [3.05, 3.63) is 47.9 Å². The summed E-state index contributed by atoms with van der Waals surface area (Å²) in [6, 6.07) is 7.29. The van der Waals surface area contributed by atoms with Gasteiger partial charge >= 0.3 is 0 Å². The standard InChI is InChI=1S/C14H16N4O/c1-17-12-7-11(16)14(19-2)8-13(12)18-10-5-3-9(15)4-6-10/h3-8H,15-16H2,1-2H3. The van der Waals surface area contributed by atoms with Gasteiger partial charge in [0.15, 0.2) is 0 Å². The van der Waals surface area contributed by atoms with Crippen molar-refractivity contribution >= 4 is 22.8 Å². The van der Waals surface area contributed by atoms with E-state index in [0.717, 1.165) is 11.4 Å². The van der Waals surface area contributed by atoms with Crippen molar-refractivity contribution in [1.29, 1.82) is 0 Å². The van der Waals surface area contributed by atoms with E-state index in [1.807, 2.05) is 12.1 Å². The number of anilines is 1. The summed E-state index contributed by atoms with van der Waals surface area (Å²) in [5.41, 5.74) is 15.0. The van der Waals surface area contributed by atoms with Crippen LogP contribution in [0.1, 0.15) is 0 Å². The number of ether oxygens (including phenoxy) is 1. The first-order chi connectivity index (χ1) is 9.13. The quantitative estimate of drug-likeness (QED) is 0.625. The Hall–Kier alpha value is -2.56. The number of hydrogen-bond donors (Lipinski definition) is 2. The minimum atomic E-state index is 0.541. The molecule has 0 radical (unpaired) electrons. The Bertz CT molecular complexity index is 594. The Labute approximate surface area is 112 Å². The highest BCUT2D eigenvalue weighted by molar-refractivity contribution is 6.51. The first-order valence-corrected chi connectivity index (χ1v) is 5.78. The Morgan fingerprint density at radius 2 is 1.68 bits per heavy atom. The van der Waals surface area contributed by atoms with Gasteiger partial charge in [-0.15, -0.1) is 0 Å². The molecule has 1 aromatic carbocycles. The molecule has 1 aliphatic carbocycles. The highest BCUT2D eigenvalue weighted by Crippen LogP contribution is 2.18. The summed E-state index contributed by atoms with van der Waals surface area (Å²) in [5.74, 6) is 0.585. The van der Waals surface area contributed by atoms with E-state index in [-0.39, 0.29) is 0 Å². The Kier molecular flexibility index (Phi) is 3.66. The smallest absolute Gasteiger partial charge is 0.144 e. The Balaban J connectivity index is 2.42. The Morgan fingerprint density at radius 1 is 1.00 bits per heavy atom. The third kappa shape index (κ3) is 2.82. The van der Waals surface area contributed by atoms with Crippen molar-refractivity contribution in [1.82, 2.24) is 0 Å². The summed E-state index contributed by atoms with van der Waals surface area (Å²) in [5, 5.41) is 0. The molecule has 1 aliphatic rings. The molecule has 0 spiro atoms. The van der Waals surface area contributed by atoms with Gasteiger partial charge in [0.05, 0.1) is 29.9 Å². The van der Waals surface area contributed by atoms with Crippen LogP contribution in [0.3, 0.4) is 0 Å². The zero-order valence-electron chi connectivity index (χ0n) is 10.9. The van der Waals surface area contributed by atoms with Crippen molar-refractivity contribution in [2.45, 2.75) is 0 Å². The molecule has 0 saturated heterocycles. The normalized spacial score (nSPS) is 19.3. The molecule has 98 valence electrons. The van der Waals surface area contributed by atoms with E-state index in [1.165, 1.54) is 0 Å². The van der Waals surface area contributed by atoms with E-state index in [1.54, 1.807) is 38.4 Å². The predicted molar refractivity (Wildman–Crippen MR) is 78.7 cm³/mol. The molecule has 2 rings (SSSR count). The molecule has 0 saturated carbocycles. The number of rotatable bonds is 2. The van der Waals surface area contributed by atoms with E-state index in [0.29, 0.717) is 22.9 Å². The molecular formula is C14H16N4O. The SMILES string of the molecule is CN=C1C=C(N)C(OC)=CC1=Nc1ccc(N)cc1. The van der Waals surface area contributed by atoms with Gasteiger partial charge in [-0.1, -0.05) is 0 Å². The molecule has 5 nitrogen and oxygen atoms in total. The van der Waals surface area contributed by atoms with Crippen LogP contribution in [-0.4, -0.2) is 25.6 Å². The number of allylic oxidation sites excluding steroid dienone is 2. The van der Waals surface area contributed by atoms with E-state index in [9.17, 15) is 0 Å². The molecule has 0 amide bonds. The number of hydrogen-bond acceptors (Lipinski definition) is 5. The molecule has 1 aromatic rings.